The quantitative estimate of drug-likeness (QED) is 0.903. The van der Waals surface area contributed by atoms with E-state index in [9.17, 15) is 9.90 Å². The smallest absolute Gasteiger partial charge is 0.251 e. The molecule has 0 radical (unpaired) electrons. The van der Waals surface area contributed by atoms with Gasteiger partial charge in [0, 0.05) is 26.2 Å². The minimum atomic E-state index is -0.919. The van der Waals surface area contributed by atoms with Gasteiger partial charge in [0.15, 0.2) is 0 Å². The van der Waals surface area contributed by atoms with Gasteiger partial charge in [0.1, 0.15) is 17.7 Å². The van der Waals surface area contributed by atoms with Crippen LogP contribution in [0, 0.1) is 12.8 Å². The van der Waals surface area contributed by atoms with Crippen molar-refractivity contribution in [3.05, 3.63) is 17.1 Å². The number of nitrogens with zero attached hydrogens (tertiary/aromatic N) is 4. The molecule has 0 bridgehead atoms. The predicted octanol–water partition coefficient (Wildman–Crippen LogP) is 1.14. The molecule has 1 aromatic heterocycles. The van der Waals surface area contributed by atoms with Crippen LogP contribution in [0.5, 0.6) is 0 Å². The molecule has 22 heavy (non-hydrogen) atoms. The average Bonchev–Trinajstić information content (AvgIpc) is 2.43. The van der Waals surface area contributed by atoms with Crippen LogP contribution in [0.25, 0.3) is 0 Å². The summed E-state index contributed by atoms with van der Waals surface area (Å²) in [5, 5.41) is 10.1. The van der Waals surface area contributed by atoms with Crippen LogP contribution in [0.3, 0.4) is 0 Å². The molecule has 1 atom stereocenters. The number of aromatic nitrogens is 2. The van der Waals surface area contributed by atoms with E-state index in [0.717, 1.165) is 23.5 Å². The molecule has 0 saturated carbocycles. The maximum atomic E-state index is 12.4. The number of aryl methyl sites for hydroxylation is 1. The van der Waals surface area contributed by atoms with Crippen molar-refractivity contribution >= 4 is 11.7 Å². The normalized spacial score (nSPS) is 15.7. The molecule has 1 aliphatic heterocycles. The zero-order chi connectivity index (χ0) is 16.4. The number of rotatable bonds is 4. The highest BCUT2D eigenvalue weighted by atomic mass is 16.3. The van der Waals surface area contributed by atoms with Crippen molar-refractivity contribution in [1.82, 2.24) is 14.9 Å². The Morgan fingerprint density at radius 3 is 2.64 bits per heavy atom. The summed E-state index contributed by atoms with van der Waals surface area (Å²) in [7, 11) is 3.93. The van der Waals surface area contributed by atoms with Gasteiger partial charge in [-0.15, -0.1) is 0 Å². The number of carbonyl (C=O) groups excluding carboxylic acids is 1. The fourth-order valence-corrected chi connectivity index (χ4v) is 2.85. The Bertz CT molecular complexity index is 557. The third-order valence-corrected chi connectivity index (χ3v) is 3.87. The van der Waals surface area contributed by atoms with Gasteiger partial charge in [0.25, 0.3) is 5.91 Å². The Balaban J connectivity index is 2.20. The molecule has 0 spiro atoms. The van der Waals surface area contributed by atoms with E-state index < -0.39 is 6.10 Å². The highest BCUT2D eigenvalue weighted by molar-refractivity contribution is 5.81. The lowest BCUT2D eigenvalue weighted by Crippen LogP contribution is -2.43. The maximum absolute atomic E-state index is 12.4. The first kappa shape index (κ1) is 16.7. The number of hydrogen-bond acceptors (Lipinski definition) is 5. The lowest BCUT2D eigenvalue weighted by atomic mass is 10.0. The largest absolute Gasteiger partial charge is 0.383 e. The van der Waals surface area contributed by atoms with Gasteiger partial charge in [-0.2, -0.15) is 0 Å². The van der Waals surface area contributed by atoms with Crippen molar-refractivity contribution in [3.8, 4) is 0 Å². The van der Waals surface area contributed by atoms with E-state index >= 15 is 0 Å². The van der Waals surface area contributed by atoms with E-state index in [1.165, 1.54) is 0 Å². The number of hydrogen-bond donors (Lipinski definition) is 1. The number of amides is 1. The number of carbonyl (C=O) groups is 1. The summed E-state index contributed by atoms with van der Waals surface area (Å²) in [5.74, 6) is 1.74. The van der Waals surface area contributed by atoms with Crippen LogP contribution in [-0.2, 0) is 17.8 Å². The third-order valence-electron chi connectivity index (χ3n) is 3.87. The van der Waals surface area contributed by atoms with Crippen LogP contribution in [-0.4, -0.2) is 52.6 Å². The molecule has 6 nitrogen and oxygen atoms in total. The van der Waals surface area contributed by atoms with Crippen LogP contribution in [0.4, 0.5) is 5.82 Å². The topological polar surface area (TPSA) is 69.6 Å². The summed E-state index contributed by atoms with van der Waals surface area (Å²) >= 11 is 0. The number of aliphatic hydroxyl groups is 1. The number of anilines is 1. The second-order valence-corrected chi connectivity index (χ2v) is 6.57. The Labute approximate surface area is 132 Å². The molecule has 1 unspecified atom stereocenters. The van der Waals surface area contributed by atoms with Crippen LogP contribution in [0.15, 0.2) is 0 Å². The zero-order valence-corrected chi connectivity index (χ0v) is 14.1. The van der Waals surface area contributed by atoms with Gasteiger partial charge >= 0.3 is 0 Å². The minimum Gasteiger partial charge on any atom is -0.383 e. The van der Waals surface area contributed by atoms with Gasteiger partial charge in [-0.1, -0.05) is 13.8 Å². The van der Waals surface area contributed by atoms with Crippen molar-refractivity contribution in [2.45, 2.75) is 46.3 Å². The lowest BCUT2D eigenvalue weighted by Gasteiger charge is -2.32. The first-order chi connectivity index (χ1) is 10.3. The van der Waals surface area contributed by atoms with E-state index in [4.69, 9.17) is 0 Å². The molecular formula is C16H26N4O2. The summed E-state index contributed by atoms with van der Waals surface area (Å²) in [6.45, 7) is 6.92. The monoisotopic (exact) mass is 306 g/mol. The Morgan fingerprint density at radius 2 is 2.05 bits per heavy atom. The summed E-state index contributed by atoms with van der Waals surface area (Å²) < 4.78 is 0. The van der Waals surface area contributed by atoms with E-state index in [0.29, 0.717) is 31.3 Å². The minimum absolute atomic E-state index is 0.193. The molecule has 1 N–H and O–H groups in total. The standard InChI is InChI=1S/C16H26N4O2/c1-10(2)8-14(21)16(22)20-7-6-12-13(9-20)17-11(3)18-15(12)19(4)5/h10,14,21H,6-9H2,1-5H3. The molecule has 0 aromatic carbocycles. The van der Waals surface area contributed by atoms with Gasteiger partial charge in [0.05, 0.1) is 12.2 Å². The number of aliphatic hydroxyl groups excluding tert-OH is 1. The van der Waals surface area contributed by atoms with Crippen molar-refractivity contribution in [1.29, 1.82) is 0 Å². The van der Waals surface area contributed by atoms with Crippen molar-refractivity contribution in [2.24, 2.45) is 5.92 Å². The second-order valence-electron chi connectivity index (χ2n) is 6.57. The van der Waals surface area contributed by atoms with Gasteiger partial charge in [-0.3, -0.25) is 4.79 Å². The Hall–Kier alpha value is -1.69. The molecule has 6 heteroatoms. The molecule has 2 heterocycles. The van der Waals surface area contributed by atoms with Crippen molar-refractivity contribution in [3.63, 3.8) is 0 Å². The van der Waals surface area contributed by atoms with Crippen LogP contribution in [0.1, 0.15) is 37.4 Å². The van der Waals surface area contributed by atoms with Gasteiger partial charge in [0.2, 0.25) is 0 Å². The van der Waals surface area contributed by atoms with Gasteiger partial charge in [-0.05, 0) is 25.7 Å². The van der Waals surface area contributed by atoms with E-state index in [-0.39, 0.29) is 5.91 Å². The van der Waals surface area contributed by atoms with Crippen molar-refractivity contribution < 1.29 is 9.90 Å². The maximum Gasteiger partial charge on any atom is 0.251 e. The van der Waals surface area contributed by atoms with E-state index in [1.807, 2.05) is 39.8 Å². The predicted molar refractivity (Wildman–Crippen MR) is 85.7 cm³/mol. The third kappa shape index (κ3) is 3.55. The summed E-state index contributed by atoms with van der Waals surface area (Å²) in [6.07, 6.45) is 0.301. The van der Waals surface area contributed by atoms with Crippen LogP contribution in [0.2, 0.25) is 0 Å². The van der Waals surface area contributed by atoms with Crippen LogP contribution >= 0.6 is 0 Å². The zero-order valence-electron chi connectivity index (χ0n) is 14.1. The highest BCUT2D eigenvalue weighted by Gasteiger charge is 2.29. The Kier molecular flexibility index (Phi) is 5.01. The SMILES string of the molecule is Cc1nc2c(c(N(C)C)n1)CCN(C(=O)C(O)CC(C)C)C2. The molecule has 1 aliphatic rings. The van der Waals surface area contributed by atoms with Gasteiger partial charge in [-0.25, -0.2) is 9.97 Å². The van der Waals surface area contributed by atoms with Crippen LogP contribution < -0.4 is 4.90 Å². The van der Waals surface area contributed by atoms with Crippen molar-refractivity contribution in [2.75, 3.05) is 25.5 Å². The second kappa shape index (κ2) is 6.60. The fourth-order valence-electron chi connectivity index (χ4n) is 2.85. The summed E-state index contributed by atoms with van der Waals surface area (Å²) in [6, 6.07) is 0. The lowest BCUT2D eigenvalue weighted by molar-refractivity contribution is -0.142. The van der Waals surface area contributed by atoms with E-state index in [1.54, 1.807) is 4.90 Å². The molecule has 0 saturated heterocycles. The first-order valence-corrected chi connectivity index (χ1v) is 7.80. The first-order valence-electron chi connectivity index (χ1n) is 7.80. The molecule has 0 aliphatic carbocycles. The molecule has 0 fully saturated rings. The van der Waals surface area contributed by atoms with Gasteiger partial charge < -0.3 is 14.9 Å². The summed E-state index contributed by atoms with van der Waals surface area (Å²) in [4.78, 5) is 25.1. The molecule has 1 aromatic rings. The number of fused-ring (bicyclic) bond motifs is 1. The summed E-state index contributed by atoms with van der Waals surface area (Å²) in [5.41, 5.74) is 2.01. The van der Waals surface area contributed by atoms with E-state index in [2.05, 4.69) is 9.97 Å². The molecular weight excluding hydrogens is 280 g/mol. The Morgan fingerprint density at radius 1 is 1.36 bits per heavy atom. The fraction of sp³-hybridized carbons (Fsp3) is 0.688. The molecule has 1 amide bonds. The molecule has 2 rings (SSSR count). The average molecular weight is 306 g/mol. The molecule has 122 valence electrons. The highest BCUT2D eigenvalue weighted by Crippen LogP contribution is 2.25.